The fourth-order valence-corrected chi connectivity index (χ4v) is 1.31. The van der Waals surface area contributed by atoms with E-state index in [9.17, 15) is 20.2 Å². The summed E-state index contributed by atoms with van der Waals surface area (Å²) in [6.07, 6.45) is -1.11. The SMILES string of the molecule is O=[N+]([O-])c1cccc(NC[C@@H](O)CO)c1[N+](=O)[O-]. The van der Waals surface area contributed by atoms with Gasteiger partial charge < -0.3 is 15.5 Å². The van der Waals surface area contributed by atoms with Crippen molar-refractivity contribution in [2.24, 2.45) is 0 Å². The Kier molecular flexibility index (Phi) is 4.52. The number of nitrogens with zero attached hydrogens (tertiary/aromatic N) is 2. The second-order valence-electron chi connectivity index (χ2n) is 3.40. The molecule has 1 rings (SSSR count). The van der Waals surface area contributed by atoms with Gasteiger partial charge in [0.05, 0.1) is 22.6 Å². The quantitative estimate of drug-likeness (QED) is 0.490. The van der Waals surface area contributed by atoms with Crippen molar-refractivity contribution in [3.05, 3.63) is 38.4 Å². The molecule has 98 valence electrons. The van der Waals surface area contributed by atoms with Gasteiger partial charge in [-0.3, -0.25) is 20.2 Å². The third kappa shape index (κ3) is 3.12. The Labute approximate surface area is 101 Å². The summed E-state index contributed by atoms with van der Waals surface area (Å²) in [6, 6.07) is 3.60. The van der Waals surface area contributed by atoms with Crippen LogP contribution in [-0.4, -0.2) is 39.3 Å². The van der Waals surface area contributed by atoms with Gasteiger partial charge >= 0.3 is 11.4 Å². The molecule has 3 N–H and O–H groups in total. The number of anilines is 1. The first-order chi connectivity index (χ1) is 8.47. The molecule has 0 saturated heterocycles. The van der Waals surface area contributed by atoms with Crippen molar-refractivity contribution in [3.8, 4) is 0 Å². The Hall–Kier alpha value is -2.26. The van der Waals surface area contributed by atoms with Gasteiger partial charge in [-0.05, 0) is 6.07 Å². The van der Waals surface area contributed by atoms with Crippen LogP contribution >= 0.6 is 0 Å². The van der Waals surface area contributed by atoms with Gasteiger partial charge in [-0.15, -0.1) is 0 Å². The van der Waals surface area contributed by atoms with E-state index in [2.05, 4.69) is 5.32 Å². The number of hydrogen-bond donors (Lipinski definition) is 3. The summed E-state index contributed by atoms with van der Waals surface area (Å²) < 4.78 is 0. The molecule has 9 nitrogen and oxygen atoms in total. The lowest BCUT2D eigenvalue weighted by Gasteiger charge is -2.10. The van der Waals surface area contributed by atoms with E-state index in [-0.39, 0.29) is 12.2 Å². The minimum Gasteiger partial charge on any atom is -0.394 e. The molecule has 1 atom stereocenters. The Bertz CT molecular complexity index is 464. The molecule has 0 heterocycles. The Morgan fingerprint density at radius 1 is 1.28 bits per heavy atom. The maximum Gasteiger partial charge on any atom is 0.368 e. The topological polar surface area (TPSA) is 139 Å². The predicted octanol–water partition coefficient (Wildman–Crippen LogP) is 0.268. The van der Waals surface area contributed by atoms with Crippen molar-refractivity contribution in [3.63, 3.8) is 0 Å². The highest BCUT2D eigenvalue weighted by atomic mass is 16.6. The molecule has 0 aliphatic carbocycles. The maximum absolute atomic E-state index is 10.8. The number of nitro benzene ring substituents is 2. The lowest BCUT2D eigenvalue weighted by molar-refractivity contribution is -0.421. The minimum atomic E-state index is -1.11. The summed E-state index contributed by atoms with van der Waals surface area (Å²) in [5, 5.41) is 41.7. The number of rotatable bonds is 6. The zero-order valence-electron chi connectivity index (χ0n) is 9.15. The molecule has 9 heteroatoms. The molecule has 0 spiro atoms. The van der Waals surface area contributed by atoms with Gasteiger partial charge in [-0.1, -0.05) is 6.07 Å². The average molecular weight is 257 g/mol. The number of aliphatic hydroxyl groups is 2. The lowest BCUT2D eigenvalue weighted by atomic mass is 10.2. The number of nitrogens with one attached hydrogen (secondary N) is 1. The first-order valence-corrected chi connectivity index (χ1v) is 4.92. The molecule has 0 aliphatic heterocycles. The van der Waals surface area contributed by atoms with Crippen molar-refractivity contribution in [1.29, 1.82) is 0 Å². The van der Waals surface area contributed by atoms with E-state index in [1.165, 1.54) is 12.1 Å². The first kappa shape index (κ1) is 13.8. The fraction of sp³-hybridized carbons (Fsp3) is 0.333. The van der Waals surface area contributed by atoms with Gasteiger partial charge in [0.25, 0.3) is 0 Å². The lowest BCUT2D eigenvalue weighted by Crippen LogP contribution is -2.23. The highest BCUT2D eigenvalue weighted by Crippen LogP contribution is 2.34. The van der Waals surface area contributed by atoms with Crippen LogP contribution in [0.1, 0.15) is 0 Å². The highest BCUT2D eigenvalue weighted by molar-refractivity contribution is 5.71. The van der Waals surface area contributed by atoms with Crippen LogP contribution in [0.3, 0.4) is 0 Å². The van der Waals surface area contributed by atoms with Gasteiger partial charge in [0.1, 0.15) is 5.69 Å². The van der Waals surface area contributed by atoms with Crippen LogP contribution in [0.4, 0.5) is 17.1 Å². The van der Waals surface area contributed by atoms with E-state index in [0.29, 0.717) is 0 Å². The van der Waals surface area contributed by atoms with Crippen molar-refractivity contribution in [1.82, 2.24) is 0 Å². The summed E-state index contributed by atoms with van der Waals surface area (Å²) in [5.41, 5.74) is -1.39. The number of aliphatic hydroxyl groups excluding tert-OH is 2. The van der Waals surface area contributed by atoms with Gasteiger partial charge in [0.2, 0.25) is 0 Å². The molecule has 0 aliphatic rings. The Balaban J connectivity index is 3.07. The van der Waals surface area contributed by atoms with E-state index >= 15 is 0 Å². The van der Waals surface area contributed by atoms with Crippen molar-refractivity contribution >= 4 is 17.1 Å². The summed E-state index contributed by atoms with van der Waals surface area (Å²) in [6.45, 7) is -0.672. The molecule has 0 bridgehead atoms. The maximum atomic E-state index is 10.8. The molecule has 0 amide bonds. The molecule has 18 heavy (non-hydrogen) atoms. The third-order valence-corrected chi connectivity index (χ3v) is 2.13. The van der Waals surface area contributed by atoms with Gasteiger partial charge in [-0.25, -0.2) is 0 Å². The number of hydrogen-bond acceptors (Lipinski definition) is 7. The summed E-state index contributed by atoms with van der Waals surface area (Å²) in [4.78, 5) is 19.7. The predicted molar refractivity (Wildman–Crippen MR) is 61.3 cm³/mol. The smallest absolute Gasteiger partial charge is 0.368 e. The van der Waals surface area contributed by atoms with Crippen molar-refractivity contribution in [2.75, 3.05) is 18.5 Å². The number of para-hydroxylation sites is 1. The standard InChI is InChI=1S/C9H11N3O6/c13-5-6(14)4-10-7-2-1-3-8(11(15)16)9(7)12(17)18/h1-3,6,10,13-14H,4-5H2/t6-/m1/s1. The van der Waals surface area contributed by atoms with Crippen LogP contribution in [0.2, 0.25) is 0 Å². The van der Waals surface area contributed by atoms with Crippen LogP contribution in [0, 0.1) is 20.2 Å². The van der Waals surface area contributed by atoms with Crippen LogP contribution < -0.4 is 5.32 Å². The van der Waals surface area contributed by atoms with Crippen molar-refractivity contribution < 1.29 is 20.1 Å². The van der Waals surface area contributed by atoms with E-state index in [1.807, 2.05) is 0 Å². The summed E-state index contributed by atoms with van der Waals surface area (Å²) >= 11 is 0. The Morgan fingerprint density at radius 3 is 2.44 bits per heavy atom. The van der Waals surface area contributed by atoms with Gasteiger partial charge in [0, 0.05) is 12.6 Å². The van der Waals surface area contributed by atoms with E-state index in [0.717, 1.165) is 6.07 Å². The highest BCUT2D eigenvalue weighted by Gasteiger charge is 2.28. The van der Waals surface area contributed by atoms with E-state index < -0.39 is 33.9 Å². The molecule has 0 saturated carbocycles. The first-order valence-electron chi connectivity index (χ1n) is 4.92. The Morgan fingerprint density at radius 2 is 1.94 bits per heavy atom. The molecule has 0 fully saturated rings. The van der Waals surface area contributed by atoms with Crippen LogP contribution in [0.5, 0.6) is 0 Å². The zero-order valence-corrected chi connectivity index (χ0v) is 9.15. The second-order valence-corrected chi connectivity index (χ2v) is 3.40. The van der Waals surface area contributed by atoms with Crippen LogP contribution in [0.25, 0.3) is 0 Å². The molecule has 1 aromatic rings. The molecular formula is C9H11N3O6. The molecule has 0 unspecified atom stereocenters. The largest absolute Gasteiger partial charge is 0.394 e. The molecule has 0 aromatic heterocycles. The minimum absolute atomic E-state index is 0.0818. The zero-order chi connectivity index (χ0) is 13.7. The number of nitro groups is 2. The fourth-order valence-electron chi connectivity index (χ4n) is 1.31. The second kappa shape index (κ2) is 5.89. The normalized spacial score (nSPS) is 11.9. The average Bonchev–Trinajstić information content (AvgIpc) is 2.34. The molecule has 1 aromatic carbocycles. The van der Waals surface area contributed by atoms with Crippen LogP contribution in [-0.2, 0) is 0 Å². The van der Waals surface area contributed by atoms with E-state index in [1.54, 1.807) is 0 Å². The third-order valence-electron chi connectivity index (χ3n) is 2.13. The summed E-state index contributed by atoms with van der Waals surface area (Å²) in [5.74, 6) is 0. The van der Waals surface area contributed by atoms with Gasteiger partial charge in [-0.2, -0.15) is 0 Å². The van der Waals surface area contributed by atoms with Gasteiger partial charge in [0.15, 0.2) is 0 Å². The summed E-state index contributed by atoms with van der Waals surface area (Å²) in [7, 11) is 0. The number of benzene rings is 1. The molecular weight excluding hydrogens is 246 g/mol. The molecule has 0 radical (unpaired) electrons. The monoisotopic (exact) mass is 257 g/mol. The van der Waals surface area contributed by atoms with Crippen LogP contribution in [0.15, 0.2) is 18.2 Å². The van der Waals surface area contributed by atoms with Crippen molar-refractivity contribution in [2.45, 2.75) is 6.10 Å². The van der Waals surface area contributed by atoms with E-state index in [4.69, 9.17) is 10.2 Å².